The maximum atomic E-state index is 5.63. The largest absolute Gasteiger partial charge is 0.271 e. The summed E-state index contributed by atoms with van der Waals surface area (Å²) in [6.07, 6.45) is 5.78. The van der Waals surface area contributed by atoms with Crippen LogP contribution in [0, 0.1) is 0 Å². The first-order valence-corrected chi connectivity index (χ1v) is 8.20. The Labute approximate surface area is 117 Å². The van der Waals surface area contributed by atoms with E-state index in [0.717, 1.165) is 19.3 Å². The topological polar surface area (TPSA) is 38.0 Å². The predicted octanol–water partition coefficient (Wildman–Crippen LogP) is 3.60. The van der Waals surface area contributed by atoms with Crippen LogP contribution in [0.3, 0.4) is 0 Å². The number of hydrazine groups is 1. The van der Waals surface area contributed by atoms with Crippen molar-refractivity contribution >= 4 is 22.7 Å². The van der Waals surface area contributed by atoms with Crippen molar-refractivity contribution in [3.63, 3.8) is 0 Å². The summed E-state index contributed by atoms with van der Waals surface area (Å²) >= 11 is 3.61. The molecule has 0 fully saturated rings. The zero-order valence-electron chi connectivity index (χ0n) is 10.5. The van der Waals surface area contributed by atoms with E-state index in [0.29, 0.717) is 6.04 Å². The number of hydrogen-bond donors (Lipinski definition) is 2. The lowest BCUT2D eigenvalue weighted by atomic mass is 10.0. The maximum Gasteiger partial charge on any atom is 0.0213 e. The fourth-order valence-electron chi connectivity index (χ4n) is 2.06. The quantitative estimate of drug-likeness (QED) is 0.573. The van der Waals surface area contributed by atoms with Gasteiger partial charge in [0.25, 0.3) is 0 Å². The molecule has 0 aliphatic rings. The van der Waals surface area contributed by atoms with E-state index in [1.165, 1.54) is 23.3 Å². The minimum Gasteiger partial charge on any atom is -0.271 e. The van der Waals surface area contributed by atoms with Gasteiger partial charge in [0.2, 0.25) is 0 Å². The first-order chi connectivity index (χ1) is 8.88. The number of rotatable bonds is 8. The molecule has 18 heavy (non-hydrogen) atoms. The zero-order valence-corrected chi connectivity index (χ0v) is 12.1. The van der Waals surface area contributed by atoms with Crippen LogP contribution in [0.2, 0.25) is 0 Å². The molecule has 3 N–H and O–H groups in total. The molecule has 0 spiro atoms. The summed E-state index contributed by atoms with van der Waals surface area (Å²) in [5.41, 5.74) is 4.38. The molecule has 0 aromatic carbocycles. The Morgan fingerprint density at radius 2 is 2.11 bits per heavy atom. The van der Waals surface area contributed by atoms with Crippen molar-refractivity contribution in [3.05, 3.63) is 44.8 Å². The van der Waals surface area contributed by atoms with Crippen molar-refractivity contribution in [2.75, 3.05) is 0 Å². The van der Waals surface area contributed by atoms with Gasteiger partial charge in [-0.15, -0.1) is 11.3 Å². The van der Waals surface area contributed by atoms with Gasteiger partial charge in [-0.05, 0) is 65.9 Å². The van der Waals surface area contributed by atoms with E-state index in [-0.39, 0.29) is 0 Å². The SMILES string of the molecule is NNC(CCCc1cccs1)CCc1ccsc1. The minimum absolute atomic E-state index is 0.435. The molecule has 2 rings (SSSR count). The molecule has 2 aromatic heterocycles. The first-order valence-electron chi connectivity index (χ1n) is 6.38. The van der Waals surface area contributed by atoms with Crippen LogP contribution >= 0.6 is 22.7 Å². The highest BCUT2D eigenvalue weighted by molar-refractivity contribution is 7.09. The van der Waals surface area contributed by atoms with Gasteiger partial charge in [-0.3, -0.25) is 11.3 Å². The third-order valence-corrected chi connectivity index (χ3v) is 4.82. The van der Waals surface area contributed by atoms with E-state index in [1.54, 1.807) is 11.3 Å². The van der Waals surface area contributed by atoms with E-state index >= 15 is 0 Å². The van der Waals surface area contributed by atoms with Crippen molar-refractivity contribution < 1.29 is 0 Å². The van der Waals surface area contributed by atoms with Gasteiger partial charge >= 0.3 is 0 Å². The predicted molar refractivity (Wildman–Crippen MR) is 81.0 cm³/mol. The molecule has 0 radical (unpaired) electrons. The van der Waals surface area contributed by atoms with Gasteiger partial charge in [0, 0.05) is 10.9 Å². The molecule has 0 amide bonds. The van der Waals surface area contributed by atoms with Crippen LogP contribution in [-0.4, -0.2) is 6.04 Å². The lowest BCUT2D eigenvalue weighted by Gasteiger charge is -2.15. The van der Waals surface area contributed by atoms with Crippen LogP contribution in [0.25, 0.3) is 0 Å². The van der Waals surface area contributed by atoms with Crippen molar-refractivity contribution in [3.8, 4) is 0 Å². The van der Waals surface area contributed by atoms with Crippen LogP contribution in [0.15, 0.2) is 34.3 Å². The van der Waals surface area contributed by atoms with E-state index in [1.807, 2.05) is 11.3 Å². The third-order valence-electron chi connectivity index (χ3n) is 3.15. The Morgan fingerprint density at radius 3 is 2.78 bits per heavy atom. The Kier molecular flexibility index (Phi) is 5.87. The van der Waals surface area contributed by atoms with Crippen molar-refractivity contribution in [2.45, 2.75) is 38.1 Å². The van der Waals surface area contributed by atoms with Gasteiger partial charge in [0.1, 0.15) is 0 Å². The summed E-state index contributed by atoms with van der Waals surface area (Å²) in [6, 6.07) is 6.96. The number of hydrogen-bond acceptors (Lipinski definition) is 4. The average molecular weight is 280 g/mol. The second-order valence-electron chi connectivity index (χ2n) is 4.51. The highest BCUT2D eigenvalue weighted by atomic mass is 32.1. The second-order valence-corrected chi connectivity index (χ2v) is 6.32. The lowest BCUT2D eigenvalue weighted by Crippen LogP contribution is -2.35. The molecule has 2 nitrogen and oxygen atoms in total. The Hall–Kier alpha value is -0.680. The summed E-state index contributed by atoms with van der Waals surface area (Å²) in [5, 5.41) is 6.50. The maximum absolute atomic E-state index is 5.63. The smallest absolute Gasteiger partial charge is 0.0213 e. The summed E-state index contributed by atoms with van der Waals surface area (Å²) < 4.78 is 0. The van der Waals surface area contributed by atoms with Crippen molar-refractivity contribution in [2.24, 2.45) is 5.84 Å². The Balaban J connectivity index is 1.65. The Morgan fingerprint density at radius 1 is 1.17 bits per heavy atom. The third kappa shape index (κ3) is 4.53. The van der Waals surface area contributed by atoms with E-state index in [9.17, 15) is 0 Å². The molecule has 0 saturated heterocycles. The van der Waals surface area contributed by atoms with Crippen LogP contribution in [-0.2, 0) is 12.8 Å². The fraction of sp³-hybridized carbons (Fsp3) is 0.429. The van der Waals surface area contributed by atoms with E-state index in [4.69, 9.17) is 5.84 Å². The summed E-state index contributed by atoms with van der Waals surface area (Å²) in [5.74, 6) is 5.63. The molecule has 2 heterocycles. The summed E-state index contributed by atoms with van der Waals surface area (Å²) in [4.78, 5) is 1.48. The van der Waals surface area contributed by atoms with Gasteiger partial charge < -0.3 is 0 Å². The molecule has 0 aliphatic carbocycles. The first kappa shape index (κ1) is 13.7. The number of aryl methyl sites for hydroxylation is 2. The van der Waals surface area contributed by atoms with Crippen LogP contribution in [0.5, 0.6) is 0 Å². The lowest BCUT2D eigenvalue weighted by molar-refractivity contribution is 0.452. The molecule has 4 heteroatoms. The standard InChI is InChI=1S/C14H20N2S2/c15-16-13(7-6-12-8-10-17-11-12)3-1-4-14-5-2-9-18-14/h2,5,8-11,13,16H,1,3-4,6-7,15H2. The minimum atomic E-state index is 0.435. The second kappa shape index (κ2) is 7.69. The van der Waals surface area contributed by atoms with Gasteiger partial charge in [-0.1, -0.05) is 6.07 Å². The fourth-order valence-corrected chi connectivity index (χ4v) is 3.52. The molecular formula is C14H20N2S2. The average Bonchev–Trinajstić information content (AvgIpc) is 3.06. The number of nitrogens with two attached hydrogens (primary N) is 1. The van der Waals surface area contributed by atoms with E-state index in [2.05, 4.69) is 39.8 Å². The van der Waals surface area contributed by atoms with Crippen LogP contribution in [0.1, 0.15) is 29.7 Å². The molecule has 0 bridgehead atoms. The molecule has 0 saturated carbocycles. The van der Waals surface area contributed by atoms with Crippen molar-refractivity contribution in [1.29, 1.82) is 0 Å². The normalized spacial score (nSPS) is 12.7. The molecule has 1 atom stereocenters. The van der Waals surface area contributed by atoms with Crippen LogP contribution in [0.4, 0.5) is 0 Å². The number of nitrogens with one attached hydrogen (secondary N) is 1. The molecule has 2 aromatic rings. The van der Waals surface area contributed by atoms with Gasteiger partial charge in [0.05, 0.1) is 0 Å². The highest BCUT2D eigenvalue weighted by Crippen LogP contribution is 2.15. The monoisotopic (exact) mass is 280 g/mol. The summed E-state index contributed by atoms with van der Waals surface area (Å²) in [7, 11) is 0. The summed E-state index contributed by atoms with van der Waals surface area (Å²) in [6.45, 7) is 0. The van der Waals surface area contributed by atoms with Gasteiger partial charge in [-0.25, -0.2) is 0 Å². The van der Waals surface area contributed by atoms with E-state index < -0.39 is 0 Å². The zero-order chi connectivity index (χ0) is 12.6. The highest BCUT2D eigenvalue weighted by Gasteiger charge is 2.07. The molecule has 1 unspecified atom stereocenters. The van der Waals surface area contributed by atoms with Gasteiger partial charge in [-0.2, -0.15) is 11.3 Å². The Bertz CT molecular complexity index is 409. The van der Waals surface area contributed by atoms with Crippen molar-refractivity contribution in [1.82, 2.24) is 5.43 Å². The molecular weight excluding hydrogens is 260 g/mol. The molecule has 0 aliphatic heterocycles. The van der Waals surface area contributed by atoms with Crippen LogP contribution < -0.4 is 11.3 Å². The number of thiophene rings is 2. The molecule has 98 valence electrons. The van der Waals surface area contributed by atoms with Gasteiger partial charge in [0.15, 0.2) is 0 Å².